The summed E-state index contributed by atoms with van der Waals surface area (Å²) in [4.78, 5) is 24.5. The van der Waals surface area contributed by atoms with E-state index in [1.807, 2.05) is 0 Å². The molecule has 1 aromatic carbocycles. The summed E-state index contributed by atoms with van der Waals surface area (Å²) in [6, 6.07) is 4.16. The van der Waals surface area contributed by atoms with Gasteiger partial charge < -0.3 is 14.7 Å². The first-order chi connectivity index (χ1) is 9.45. The summed E-state index contributed by atoms with van der Waals surface area (Å²) in [5, 5.41) is 8.75. The number of rotatable bonds is 3. The van der Waals surface area contributed by atoms with Gasteiger partial charge in [0.15, 0.2) is 0 Å². The molecule has 1 aromatic rings. The Bertz CT molecular complexity index is 512. The van der Waals surface area contributed by atoms with Crippen molar-refractivity contribution in [2.75, 3.05) is 19.7 Å². The Kier molecular flexibility index (Phi) is 4.34. The lowest BCUT2D eigenvalue weighted by molar-refractivity contribution is -0.141. The fraction of sp³-hybridized carbons (Fsp3) is 0.429. The highest BCUT2D eigenvalue weighted by Gasteiger charge is 2.26. The van der Waals surface area contributed by atoms with E-state index in [9.17, 15) is 14.0 Å². The molecule has 0 spiro atoms. The van der Waals surface area contributed by atoms with Crippen molar-refractivity contribution < 1.29 is 23.8 Å². The molecule has 0 aliphatic carbocycles. The Balaban J connectivity index is 2.10. The first kappa shape index (κ1) is 14.5. The zero-order valence-electron chi connectivity index (χ0n) is 11.1. The fourth-order valence-corrected chi connectivity index (χ4v) is 2.26. The van der Waals surface area contributed by atoms with Gasteiger partial charge in [0, 0.05) is 18.7 Å². The Morgan fingerprint density at radius 3 is 2.85 bits per heavy atom. The van der Waals surface area contributed by atoms with Crippen molar-refractivity contribution in [3.05, 3.63) is 35.1 Å². The van der Waals surface area contributed by atoms with Gasteiger partial charge >= 0.3 is 5.97 Å². The van der Waals surface area contributed by atoms with E-state index < -0.39 is 17.9 Å². The number of ether oxygens (including phenoxy) is 1. The molecule has 0 bridgehead atoms. The van der Waals surface area contributed by atoms with Crippen molar-refractivity contribution in [2.24, 2.45) is 0 Å². The first-order valence-electron chi connectivity index (χ1n) is 6.35. The first-order valence-corrected chi connectivity index (χ1v) is 6.35. The molecule has 5 nitrogen and oxygen atoms in total. The van der Waals surface area contributed by atoms with Crippen molar-refractivity contribution in [3.8, 4) is 0 Å². The molecule has 108 valence electrons. The quantitative estimate of drug-likeness (QED) is 0.910. The van der Waals surface area contributed by atoms with Crippen LogP contribution < -0.4 is 0 Å². The number of halogens is 1. The van der Waals surface area contributed by atoms with Gasteiger partial charge in [-0.1, -0.05) is 0 Å². The Hall–Kier alpha value is -1.95. The predicted molar refractivity (Wildman–Crippen MR) is 69.0 cm³/mol. The number of aliphatic carboxylic acids is 1. The summed E-state index contributed by atoms with van der Waals surface area (Å²) in [5.41, 5.74) is 0.946. The van der Waals surface area contributed by atoms with Crippen LogP contribution in [0, 0.1) is 12.7 Å². The number of amides is 1. The summed E-state index contributed by atoms with van der Waals surface area (Å²) < 4.78 is 18.6. The lowest BCUT2D eigenvalue weighted by Gasteiger charge is -2.32. The third-order valence-corrected chi connectivity index (χ3v) is 3.12. The molecule has 2 rings (SSSR count). The summed E-state index contributed by atoms with van der Waals surface area (Å²) in [6.45, 7) is 2.59. The number of nitrogens with zero attached hydrogens (tertiary/aromatic N) is 1. The van der Waals surface area contributed by atoms with Crippen LogP contribution in [0.4, 0.5) is 4.39 Å². The molecule has 1 aliphatic heterocycles. The Labute approximate surface area is 116 Å². The summed E-state index contributed by atoms with van der Waals surface area (Å²) >= 11 is 0. The second-order valence-corrected chi connectivity index (χ2v) is 4.86. The molecule has 1 fully saturated rings. The lowest BCUT2D eigenvalue weighted by Crippen LogP contribution is -2.46. The second kappa shape index (κ2) is 6.00. The van der Waals surface area contributed by atoms with E-state index in [1.165, 1.54) is 17.0 Å². The zero-order chi connectivity index (χ0) is 14.7. The maximum Gasteiger partial charge on any atom is 0.306 e. The molecule has 1 atom stereocenters. The molecule has 0 radical (unpaired) electrons. The standard InChI is InChI=1S/C14H16FNO4/c1-9-4-10(6-11(15)5-9)14(19)16-2-3-20-12(8-16)7-13(17)18/h4-6,12H,2-3,7-8H2,1H3,(H,17,18). The number of carbonyl (C=O) groups excluding carboxylic acids is 1. The minimum atomic E-state index is -0.967. The molecule has 1 aliphatic rings. The monoisotopic (exact) mass is 281 g/mol. The molecule has 6 heteroatoms. The number of hydrogen-bond acceptors (Lipinski definition) is 3. The normalized spacial score (nSPS) is 18.9. The average molecular weight is 281 g/mol. The Morgan fingerprint density at radius 2 is 2.20 bits per heavy atom. The molecule has 1 saturated heterocycles. The smallest absolute Gasteiger partial charge is 0.306 e. The maximum atomic E-state index is 13.3. The predicted octanol–water partition coefficient (Wildman–Crippen LogP) is 1.45. The topological polar surface area (TPSA) is 66.8 Å². The molecule has 1 unspecified atom stereocenters. The molecule has 0 saturated carbocycles. The number of morpholine rings is 1. The van der Waals surface area contributed by atoms with Crippen LogP contribution in [-0.4, -0.2) is 47.7 Å². The Morgan fingerprint density at radius 1 is 1.45 bits per heavy atom. The SMILES string of the molecule is Cc1cc(F)cc(C(=O)N2CCOC(CC(=O)O)C2)c1. The number of carboxylic acid groups (broad SMARTS) is 1. The van der Waals surface area contributed by atoms with Gasteiger partial charge in [-0.05, 0) is 30.7 Å². The molecule has 1 N–H and O–H groups in total. The van der Waals surface area contributed by atoms with Crippen LogP contribution in [0.2, 0.25) is 0 Å². The molecule has 1 heterocycles. The third-order valence-electron chi connectivity index (χ3n) is 3.12. The highest BCUT2D eigenvalue weighted by Crippen LogP contribution is 2.15. The van der Waals surface area contributed by atoms with Crippen molar-refractivity contribution in [1.82, 2.24) is 4.90 Å². The second-order valence-electron chi connectivity index (χ2n) is 4.86. The van der Waals surface area contributed by atoms with Crippen LogP contribution in [0.25, 0.3) is 0 Å². The van der Waals surface area contributed by atoms with Crippen molar-refractivity contribution in [1.29, 1.82) is 0 Å². The van der Waals surface area contributed by atoms with E-state index in [0.29, 0.717) is 12.1 Å². The van der Waals surface area contributed by atoms with Gasteiger partial charge in [-0.15, -0.1) is 0 Å². The van der Waals surface area contributed by atoms with Crippen molar-refractivity contribution in [3.63, 3.8) is 0 Å². The molecule has 20 heavy (non-hydrogen) atoms. The summed E-state index contributed by atoms with van der Waals surface area (Å²) in [6.07, 6.45) is -0.661. The van der Waals surface area contributed by atoms with Crippen molar-refractivity contribution in [2.45, 2.75) is 19.4 Å². The van der Waals surface area contributed by atoms with E-state index in [0.717, 1.165) is 0 Å². The minimum Gasteiger partial charge on any atom is -0.481 e. The molecule has 1 amide bonds. The zero-order valence-corrected chi connectivity index (χ0v) is 11.1. The van der Waals surface area contributed by atoms with Gasteiger partial charge in [0.25, 0.3) is 5.91 Å². The van der Waals surface area contributed by atoms with Gasteiger partial charge in [-0.2, -0.15) is 0 Å². The van der Waals surface area contributed by atoms with E-state index in [4.69, 9.17) is 9.84 Å². The third kappa shape index (κ3) is 3.54. The van der Waals surface area contributed by atoms with E-state index in [1.54, 1.807) is 13.0 Å². The number of benzene rings is 1. The number of carbonyl (C=O) groups is 2. The van der Waals surface area contributed by atoms with E-state index >= 15 is 0 Å². The fourth-order valence-electron chi connectivity index (χ4n) is 2.26. The van der Waals surface area contributed by atoms with Crippen LogP contribution in [0.5, 0.6) is 0 Å². The van der Waals surface area contributed by atoms with Gasteiger partial charge in [0.05, 0.1) is 19.1 Å². The van der Waals surface area contributed by atoms with Crippen molar-refractivity contribution >= 4 is 11.9 Å². The highest BCUT2D eigenvalue weighted by atomic mass is 19.1. The summed E-state index contributed by atoms with van der Waals surface area (Å²) in [5.74, 6) is -1.72. The molecule has 0 aromatic heterocycles. The summed E-state index contributed by atoms with van der Waals surface area (Å²) in [7, 11) is 0. The van der Waals surface area contributed by atoms with Crippen LogP contribution in [0.15, 0.2) is 18.2 Å². The average Bonchev–Trinajstić information content (AvgIpc) is 2.36. The number of aryl methyl sites for hydroxylation is 1. The highest BCUT2D eigenvalue weighted by molar-refractivity contribution is 5.94. The van der Waals surface area contributed by atoms with E-state index in [-0.39, 0.29) is 31.0 Å². The maximum absolute atomic E-state index is 13.3. The number of hydrogen-bond donors (Lipinski definition) is 1. The molecular weight excluding hydrogens is 265 g/mol. The van der Waals surface area contributed by atoms with Crippen LogP contribution in [-0.2, 0) is 9.53 Å². The van der Waals surface area contributed by atoms with Crippen LogP contribution in [0.3, 0.4) is 0 Å². The van der Waals surface area contributed by atoms with Gasteiger partial charge in [0.2, 0.25) is 0 Å². The van der Waals surface area contributed by atoms with Gasteiger partial charge in [-0.3, -0.25) is 9.59 Å². The number of carboxylic acids is 1. The van der Waals surface area contributed by atoms with Gasteiger partial charge in [0.1, 0.15) is 5.82 Å². The van der Waals surface area contributed by atoms with E-state index in [2.05, 4.69) is 0 Å². The minimum absolute atomic E-state index is 0.147. The molecular formula is C14H16FNO4. The van der Waals surface area contributed by atoms with Crippen LogP contribution in [0.1, 0.15) is 22.3 Å². The lowest BCUT2D eigenvalue weighted by atomic mass is 10.1. The van der Waals surface area contributed by atoms with Gasteiger partial charge in [-0.25, -0.2) is 4.39 Å². The largest absolute Gasteiger partial charge is 0.481 e. The van der Waals surface area contributed by atoms with Crippen LogP contribution >= 0.6 is 0 Å².